The van der Waals surface area contributed by atoms with Crippen molar-refractivity contribution < 1.29 is 19.4 Å². The van der Waals surface area contributed by atoms with Gasteiger partial charge in [-0.2, -0.15) is 0 Å². The van der Waals surface area contributed by atoms with Crippen LogP contribution in [0, 0.1) is 0 Å². The van der Waals surface area contributed by atoms with E-state index < -0.39 is 11.9 Å². The number of carboxylic acid groups (broad SMARTS) is 1. The predicted molar refractivity (Wildman–Crippen MR) is 153 cm³/mol. The Morgan fingerprint density at radius 3 is 1.89 bits per heavy atom. The van der Waals surface area contributed by atoms with Crippen molar-refractivity contribution in [3.8, 4) is 0 Å². The largest absolute Gasteiger partial charge is 0.478 e. The first-order valence-electron chi connectivity index (χ1n) is 14.7. The molecule has 4 heteroatoms. The van der Waals surface area contributed by atoms with E-state index in [1.165, 1.54) is 64.2 Å². The van der Waals surface area contributed by atoms with Gasteiger partial charge in [-0.25, -0.2) is 9.59 Å². The van der Waals surface area contributed by atoms with E-state index in [1.54, 1.807) is 23.3 Å². The minimum absolute atomic E-state index is 0.115. The number of hydrogen-bond donors (Lipinski definition) is 1. The van der Waals surface area contributed by atoms with Crippen LogP contribution in [0.2, 0.25) is 0 Å². The fourth-order valence-electron chi connectivity index (χ4n) is 4.97. The highest BCUT2D eigenvalue weighted by Crippen LogP contribution is 2.21. The maximum Gasteiger partial charge on any atom is 0.339 e. The summed E-state index contributed by atoms with van der Waals surface area (Å²) < 4.78 is 5.35. The van der Waals surface area contributed by atoms with E-state index in [2.05, 4.69) is 38.1 Å². The van der Waals surface area contributed by atoms with Gasteiger partial charge in [0.1, 0.15) is 0 Å². The van der Waals surface area contributed by atoms with Crippen LogP contribution >= 0.6 is 0 Å². The molecule has 0 radical (unpaired) electrons. The van der Waals surface area contributed by atoms with E-state index in [0.717, 1.165) is 37.7 Å². The Morgan fingerprint density at radius 2 is 1.30 bits per heavy atom. The molecule has 0 saturated carbocycles. The Morgan fingerprint density at radius 1 is 0.730 bits per heavy atom. The molecule has 0 unspecified atom stereocenters. The number of hydrogen-bond acceptors (Lipinski definition) is 3. The van der Waals surface area contributed by atoms with Gasteiger partial charge in [-0.1, -0.05) is 114 Å². The molecule has 37 heavy (non-hydrogen) atoms. The van der Waals surface area contributed by atoms with Gasteiger partial charge in [-0.05, 0) is 61.3 Å². The lowest BCUT2D eigenvalue weighted by Gasteiger charge is -2.12. The summed E-state index contributed by atoms with van der Waals surface area (Å²) in [5.74, 6) is -1.57. The van der Waals surface area contributed by atoms with Crippen LogP contribution in [0.5, 0.6) is 0 Å². The second-order valence-electron chi connectivity index (χ2n) is 10.2. The SMILES string of the molecule is CCCCCCCCOC(=O)c1cccc(CCCCCCCC)c1C(=O)O.c1ccc2c(c1)CCC2. The summed E-state index contributed by atoms with van der Waals surface area (Å²) in [5, 5.41) is 9.65. The van der Waals surface area contributed by atoms with E-state index >= 15 is 0 Å². The van der Waals surface area contributed by atoms with E-state index in [0.29, 0.717) is 13.0 Å². The summed E-state index contributed by atoms with van der Waals surface area (Å²) >= 11 is 0. The second kappa shape index (κ2) is 18.6. The van der Waals surface area contributed by atoms with Gasteiger partial charge in [0.2, 0.25) is 0 Å². The molecule has 0 heterocycles. The van der Waals surface area contributed by atoms with Crippen LogP contribution in [0.4, 0.5) is 0 Å². The molecule has 0 bridgehead atoms. The van der Waals surface area contributed by atoms with Crippen molar-refractivity contribution in [2.45, 2.75) is 117 Å². The highest BCUT2D eigenvalue weighted by Gasteiger charge is 2.21. The van der Waals surface area contributed by atoms with Crippen molar-refractivity contribution in [3.05, 3.63) is 70.3 Å². The highest BCUT2D eigenvalue weighted by molar-refractivity contribution is 6.03. The van der Waals surface area contributed by atoms with Crippen LogP contribution in [-0.4, -0.2) is 23.7 Å². The van der Waals surface area contributed by atoms with E-state index in [9.17, 15) is 14.7 Å². The quantitative estimate of drug-likeness (QED) is 0.181. The topological polar surface area (TPSA) is 63.6 Å². The number of aryl methyl sites for hydroxylation is 3. The number of rotatable bonds is 16. The zero-order valence-electron chi connectivity index (χ0n) is 23.2. The molecule has 1 aliphatic rings. The number of benzene rings is 2. The number of fused-ring (bicyclic) bond motifs is 1. The molecule has 2 aromatic carbocycles. The first-order valence-corrected chi connectivity index (χ1v) is 14.7. The minimum atomic E-state index is -1.05. The number of ether oxygens (including phenoxy) is 1. The Bertz CT molecular complexity index is 911. The lowest BCUT2D eigenvalue weighted by molar-refractivity contribution is 0.0487. The van der Waals surface area contributed by atoms with Crippen LogP contribution < -0.4 is 0 Å². The van der Waals surface area contributed by atoms with E-state index in [-0.39, 0.29) is 11.1 Å². The smallest absolute Gasteiger partial charge is 0.339 e. The third-order valence-electron chi connectivity index (χ3n) is 7.13. The van der Waals surface area contributed by atoms with Crippen molar-refractivity contribution in [2.75, 3.05) is 6.61 Å². The molecule has 0 atom stereocenters. The minimum Gasteiger partial charge on any atom is -0.478 e. The summed E-state index contributed by atoms with van der Waals surface area (Å²) in [7, 11) is 0. The number of esters is 1. The third-order valence-corrected chi connectivity index (χ3v) is 7.13. The number of unbranched alkanes of at least 4 members (excludes halogenated alkanes) is 10. The fourth-order valence-corrected chi connectivity index (χ4v) is 4.97. The molecular formula is C33H48O4. The van der Waals surface area contributed by atoms with Gasteiger partial charge in [0, 0.05) is 0 Å². The van der Waals surface area contributed by atoms with E-state index in [1.807, 2.05) is 6.07 Å². The molecule has 1 N–H and O–H groups in total. The Balaban J connectivity index is 0.000000439. The zero-order valence-corrected chi connectivity index (χ0v) is 23.2. The molecule has 0 saturated heterocycles. The van der Waals surface area contributed by atoms with Gasteiger partial charge in [0.05, 0.1) is 17.7 Å². The molecule has 0 fully saturated rings. The molecule has 3 rings (SSSR count). The number of carbonyl (C=O) groups is 2. The number of carboxylic acids is 1. The van der Waals surface area contributed by atoms with Crippen LogP contribution in [0.25, 0.3) is 0 Å². The van der Waals surface area contributed by atoms with Crippen molar-refractivity contribution in [2.24, 2.45) is 0 Å². The normalized spacial score (nSPS) is 11.9. The van der Waals surface area contributed by atoms with Gasteiger partial charge >= 0.3 is 11.9 Å². The van der Waals surface area contributed by atoms with Crippen LogP contribution in [-0.2, 0) is 24.0 Å². The van der Waals surface area contributed by atoms with Gasteiger partial charge in [-0.3, -0.25) is 0 Å². The van der Waals surface area contributed by atoms with Crippen molar-refractivity contribution >= 4 is 11.9 Å². The molecule has 0 aliphatic heterocycles. The summed E-state index contributed by atoms with van der Waals surface area (Å²) in [4.78, 5) is 24.2. The average molecular weight is 509 g/mol. The Hall–Kier alpha value is -2.62. The molecule has 0 spiro atoms. The van der Waals surface area contributed by atoms with Crippen molar-refractivity contribution in [3.63, 3.8) is 0 Å². The Kier molecular flexibility index (Phi) is 15.4. The summed E-state index contributed by atoms with van der Waals surface area (Å²) in [5.41, 5.74) is 4.16. The van der Waals surface area contributed by atoms with Gasteiger partial charge in [-0.15, -0.1) is 0 Å². The zero-order chi connectivity index (χ0) is 26.7. The molecular weight excluding hydrogens is 460 g/mol. The Labute approximate surface area is 224 Å². The molecule has 4 nitrogen and oxygen atoms in total. The summed E-state index contributed by atoms with van der Waals surface area (Å²) in [6.07, 6.45) is 18.2. The molecule has 2 aromatic rings. The fraction of sp³-hybridized carbons (Fsp3) is 0.576. The highest BCUT2D eigenvalue weighted by atomic mass is 16.5. The summed E-state index contributed by atoms with van der Waals surface area (Å²) in [6, 6.07) is 13.9. The van der Waals surface area contributed by atoms with Crippen LogP contribution in [0.3, 0.4) is 0 Å². The van der Waals surface area contributed by atoms with Crippen molar-refractivity contribution in [1.82, 2.24) is 0 Å². The lowest BCUT2D eigenvalue weighted by atomic mass is 9.96. The monoisotopic (exact) mass is 508 g/mol. The summed E-state index contributed by atoms with van der Waals surface area (Å²) in [6.45, 7) is 4.73. The lowest BCUT2D eigenvalue weighted by Crippen LogP contribution is -2.15. The van der Waals surface area contributed by atoms with Gasteiger partial charge < -0.3 is 9.84 Å². The van der Waals surface area contributed by atoms with E-state index in [4.69, 9.17) is 4.74 Å². The van der Waals surface area contributed by atoms with Crippen LogP contribution in [0.15, 0.2) is 42.5 Å². The van der Waals surface area contributed by atoms with Crippen LogP contribution in [0.1, 0.15) is 135 Å². The molecule has 1 aliphatic carbocycles. The number of carbonyl (C=O) groups excluding carboxylic acids is 1. The first kappa shape index (κ1) is 30.6. The maximum atomic E-state index is 12.4. The number of aromatic carboxylic acids is 1. The average Bonchev–Trinajstić information content (AvgIpc) is 3.39. The maximum absolute atomic E-state index is 12.4. The van der Waals surface area contributed by atoms with Crippen molar-refractivity contribution in [1.29, 1.82) is 0 Å². The molecule has 0 amide bonds. The predicted octanol–water partition coefficient (Wildman–Crippen LogP) is 8.98. The standard InChI is InChI=1S/C24H38O4.C9H10/c1-3-5-7-9-11-13-16-20-17-15-18-21(22(20)23(25)26)24(27)28-19-14-12-10-8-6-4-2;1-2-5-9-7-3-6-8(9)4-1/h15,17-18H,3-14,16,19H2,1-2H3,(H,25,26);1-2,4-5H,3,6-7H2. The van der Waals surface area contributed by atoms with Gasteiger partial charge in [0.15, 0.2) is 0 Å². The van der Waals surface area contributed by atoms with Gasteiger partial charge in [0.25, 0.3) is 0 Å². The second-order valence-corrected chi connectivity index (χ2v) is 10.2. The third kappa shape index (κ3) is 11.5. The molecule has 204 valence electrons. The molecule has 0 aromatic heterocycles. The first-order chi connectivity index (χ1) is 18.1.